The monoisotopic (exact) mass is 458 g/mol. The molecule has 1 aliphatic heterocycles. The lowest BCUT2D eigenvalue weighted by Gasteiger charge is -2.32. The number of pyridine rings is 2. The molecular weight excluding hydrogens is 432 g/mol. The first kappa shape index (κ1) is 21.6. The Balaban J connectivity index is 1.40. The lowest BCUT2D eigenvalue weighted by atomic mass is 9.89. The number of piperidine rings is 1. The van der Waals surface area contributed by atoms with Crippen LogP contribution in [0.3, 0.4) is 0 Å². The molecule has 0 aliphatic carbocycles. The van der Waals surface area contributed by atoms with Crippen LogP contribution in [0.4, 0.5) is 5.69 Å². The van der Waals surface area contributed by atoms with Crippen molar-refractivity contribution in [1.82, 2.24) is 14.9 Å². The molecule has 1 aromatic carbocycles. The maximum atomic E-state index is 13.6. The number of anilines is 1. The van der Waals surface area contributed by atoms with Crippen LogP contribution in [0, 0.1) is 0 Å². The van der Waals surface area contributed by atoms with Gasteiger partial charge < -0.3 is 15.3 Å². The maximum Gasteiger partial charge on any atom is 0.257 e. The number of hydrogen-bond acceptors (Lipinski definition) is 6. The highest BCUT2D eigenvalue weighted by atomic mass is 32.1. The quantitative estimate of drug-likeness (QED) is 0.433. The summed E-state index contributed by atoms with van der Waals surface area (Å²) in [5, 5.41) is 15.1. The van der Waals surface area contributed by atoms with Crippen molar-refractivity contribution in [2.45, 2.75) is 31.9 Å². The van der Waals surface area contributed by atoms with Crippen molar-refractivity contribution >= 4 is 33.1 Å². The predicted molar refractivity (Wildman–Crippen MR) is 131 cm³/mol. The first-order chi connectivity index (χ1) is 16.2. The number of nitrogens with zero attached hydrogens (tertiary/aromatic N) is 3. The van der Waals surface area contributed by atoms with Gasteiger partial charge in [0.2, 0.25) is 0 Å². The summed E-state index contributed by atoms with van der Waals surface area (Å²) in [4.78, 5) is 24.3. The normalized spacial score (nSPS) is 14.5. The zero-order valence-electron chi connectivity index (χ0n) is 18.3. The number of fused-ring (bicyclic) bond motifs is 1. The minimum Gasteiger partial charge on any atom is -0.392 e. The molecule has 1 aliphatic rings. The molecule has 0 unspecified atom stereocenters. The Labute approximate surface area is 196 Å². The van der Waals surface area contributed by atoms with Crippen LogP contribution >= 0.6 is 11.3 Å². The van der Waals surface area contributed by atoms with Gasteiger partial charge in [0, 0.05) is 43.8 Å². The van der Waals surface area contributed by atoms with Crippen LogP contribution in [-0.2, 0) is 13.2 Å². The second-order valence-corrected chi connectivity index (χ2v) is 9.22. The molecule has 0 radical (unpaired) electrons. The summed E-state index contributed by atoms with van der Waals surface area (Å²) in [5.74, 6) is 0.493. The fourth-order valence-corrected chi connectivity index (χ4v) is 5.52. The third-order valence-corrected chi connectivity index (χ3v) is 7.34. The number of hydrogen-bond donors (Lipinski definition) is 2. The highest BCUT2D eigenvalue weighted by molar-refractivity contribution is 7.18. The van der Waals surface area contributed by atoms with E-state index in [4.69, 9.17) is 0 Å². The highest BCUT2D eigenvalue weighted by Gasteiger charge is 2.27. The third-order valence-electron chi connectivity index (χ3n) is 6.30. The number of amides is 1. The van der Waals surface area contributed by atoms with Crippen LogP contribution in [-0.4, -0.2) is 39.0 Å². The van der Waals surface area contributed by atoms with Gasteiger partial charge in [0.05, 0.1) is 28.1 Å². The zero-order valence-corrected chi connectivity index (χ0v) is 19.1. The van der Waals surface area contributed by atoms with E-state index in [1.165, 1.54) is 16.9 Å². The van der Waals surface area contributed by atoms with E-state index in [1.807, 2.05) is 34.7 Å². The van der Waals surface area contributed by atoms with Gasteiger partial charge in [0.25, 0.3) is 5.91 Å². The zero-order chi connectivity index (χ0) is 22.6. The Kier molecular flexibility index (Phi) is 6.32. The smallest absolute Gasteiger partial charge is 0.257 e. The van der Waals surface area contributed by atoms with E-state index in [0.717, 1.165) is 53.0 Å². The molecule has 7 heteroatoms. The summed E-state index contributed by atoms with van der Waals surface area (Å²) in [7, 11) is 0. The van der Waals surface area contributed by atoms with E-state index in [9.17, 15) is 9.90 Å². The molecule has 33 heavy (non-hydrogen) atoms. The van der Waals surface area contributed by atoms with Gasteiger partial charge in [-0.1, -0.05) is 36.4 Å². The summed E-state index contributed by atoms with van der Waals surface area (Å²) < 4.78 is 0.896. The molecule has 0 atom stereocenters. The predicted octanol–water partition coefficient (Wildman–Crippen LogP) is 4.82. The number of aliphatic hydroxyl groups excluding tert-OH is 1. The Bertz CT molecular complexity index is 1240. The Morgan fingerprint density at radius 1 is 1.12 bits per heavy atom. The SMILES string of the molecule is O=C(c1cnc2c(CO)csc2c1NCc1cccnc1)N1CCC(c2ccccc2)CC1. The molecule has 168 valence electrons. The molecule has 4 heterocycles. The number of carbonyl (C=O) groups is 1. The van der Waals surface area contributed by atoms with Crippen molar-refractivity contribution in [2.24, 2.45) is 0 Å². The van der Waals surface area contributed by atoms with Crippen molar-refractivity contribution in [1.29, 1.82) is 0 Å². The molecule has 5 rings (SSSR count). The molecule has 1 fully saturated rings. The maximum absolute atomic E-state index is 13.6. The summed E-state index contributed by atoms with van der Waals surface area (Å²) in [6.07, 6.45) is 7.13. The van der Waals surface area contributed by atoms with Crippen LogP contribution in [0.5, 0.6) is 0 Å². The lowest BCUT2D eigenvalue weighted by Crippen LogP contribution is -2.38. The Hall–Kier alpha value is -3.29. The van der Waals surface area contributed by atoms with Crippen LogP contribution in [0.1, 0.15) is 45.8 Å². The third kappa shape index (κ3) is 4.47. The van der Waals surface area contributed by atoms with Gasteiger partial charge in [-0.15, -0.1) is 11.3 Å². The lowest BCUT2D eigenvalue weighted by molar-refractivity contribution is 0.0713. The number of benzene rings is 1. The first-order valence-electron chi connectivity index (χ1n) is 11.2. The summed E-state index contributed by atoms with van der Waals surface area (Å²) in [5.41, 5.74) is 5.27. The fraction of sp³-hybridized carbons (Fsp3) is 0.269. The van der Waals surface area contributed by atoms with Crippen LogP contribution < -0.4 is 5.32 Å². The molecule has 0 bridgehead atoms. The second kappa shape index (κ2) is 9.68. The van der Waals surface area contributed by atoms with Crippen LogP contribution in [0.15, 0.2) is 66.4 Å². The van der Waals surface area contributed by atoms with Gasteiger partial charge in [-0.2, -0.15) is 0 Å². The number of aromatic nitrogens is 2. The number of nitrogens with one attached hydrogen (secondary N) is 1. The molecule has 4 aromatic rings. The van der Waals surface area contributed by atoms with E-state index in [1.54, 1.807) is 12.4 Å². The molecule has 6 nitrogen and oxygen atoms in total. The largest absolute Gasteiger partial charge is 0.392 e. The Morgan fingerprint density at radius 2 is 1.94 bits per heavy atom. The fourth-order valence-electron chi connectivity index (χ4n) is 4.48. The van der Waals surface area contributed by atoms with Gasteiger partial charge in [0.1, 0.15) is 0 Å². The standard InChI is InChI=1S/C26H26N4O2S/c31-16-21-17-33-25-23(21)29-15-22(24(25)28-14-18-5-4-10-27-13-18)26(32)30-11-8-20(9-12-30)19-6-2-1-3-7-19/h1-7,10,13,15,17,20,31H,8-9,11-12,14,16H2,(H,28,29). The first-order valence-corrected chi connectivity index (χ1v) is 12.1. The topological polar surface area (TPSA) is 78.3 Å². The van der Waals surface area contributed by atoms with E-state index in [0.29, 0.717) is 18.0 Å². The second-order valence-electron chi connectivity index (χ2n) is 8.34. The average molecular weight is 459 g/mol. The van der Waals surface area contributed by atoms with E-state index < -0.39 is 0 Å². The molecule has 2 N–H and O–H groups in total. The van der Waals surface area contributed by atoms with Crippen LogP contribution in [0.2, 0.25) is 0 Å². The number of rotatable bonds is 6. The minimum absolute atomic E-state index is 0.00328. The van der Waals surface area contributed by atoms with Crippen molar-refractivity contribution in [3.8, 4) is 0 Å². The average Bonchev–Trinajstić information content (AvgIpc) is 3.31. The molecule has 1 saturated heterocycles. The summed E-state index contributed by atoms with van der Waals surface area (Å²) in [6, 6.07) is 14.5. The van der Waals surface area contributed by atoms with Crippen molar-refractivity contribution in [3.05, 3.63) is 88.7 Å². The van der Waals surface area contributed by atoms with Gasteiger partial charge in [-0.3, -0.25) is 14.8 Å². The molecule has 1 amide bonds. The van der Waals surface area contributed by atoms with E-state index in [-0.39, 0.29) is 12.5 Å². The number of carbonyl (C=O) groups excluding carboxylic acids is 1. The van der Waals surface area contributed by atoms with Crippen LogP contribution in [0.25, 0.3) is 10.2 Å². The summed E-state index contributed by atoms with van der Waals surface area (Å²) >= 11 is 1.50. The highest BCUT2D eigenvalue weighted by Crippen LogP contribution is 2.35. The number of likely N-dealkylation sites (tertiary alicyclic amines) is 1. The van der Waals surface area contributed by atoms with Gasteiger partial charge in [0.15, 0.2) is 0 Å². The molecular formula is C26H26N4O2S. The molecule has 0 saturated carbocycles. The summed E-state index contributed by atoms with van der Waals surface area (Å²) in [6.45, 7) is 1.93. The van der Waals surface area contributed by atoms with Gasteiger partial charge >= 0.3 is 0 Å². The van der Waals surface area contributed by atoms with E-state index >= 15 is 0 Å². The van der Waals surface area contributed by atoms with Crippen molar-refractivity contribution in [2.75, 3.05) is 18.4 Å². The molecule has 3 aromatic heterocycles. The van der Waals surface area contributed by atoms with Crippen molar-refractivity contribution < 1.29 is 9.90 Å². The van der Waals surface area contributed by atoms with Crippen molar-refractivity contribution in [3.63, 3.8) is 0 Å². The van der Waals surface area contributed by atoms with E-state index in [2.05, 4.69) is 39.6 Å². The van der Waals surface area contributed by atoms with Gasteiger partial charge in [-0.25, -0.2) is 0 Å². The van der Waals surface area contributed by atoms with Gasteiger partial charge in [-0.05, 0) is 41.3 Å². The molecule has 0 spiro atoms. The number of aliphatic hydroxyl groups is 1. The Morgan fingerprint density at radius 3 is 2.67 bits per heavy atom. The number of thiophene rings is 1. The minimum atomic E-state index is -0.0741.